The average Bonchev–Trinajstić information content (AvgIpc) is 2.40. The van der Waals surface area contributed by atoms with Gasteiger partial charge in [-0.1, -0.05) is 18.2 Å². The van der Waals surface area contributed by atoms with Gasteiger partial charge in [0.2, 0.25) is 10.0 Å². The Morgan fingerprint density at radius 2 is 1.81 bits per heavy atom. The molecule has 7 heteroatoms. The highest BCUT2D eigenvalue weighted by Gasteiger charge is 2.26. The Hall–Kier alpha value is -2.12. The fourth-order valence-electron chi connectivity index (χ4n) is 1.90. The lowest BCUT2D eigenvalue weighted by atomic mass is 10.2. The molecule has 0 atom stereocenters. The molecule has 0 aliphatic carbocycles. The third-order valence-corrected chi connectivity index (χ3v) is 4.90. The molecule has 2 rings (SSSR count). The second-order valence-corrected chi connectivity index (χ2v) is 6.57. The number of anilines is 1. The third kappa shape index (κ3) is 3.14. The largest absolute Gasteiger partial charge is 0.508 e. The topological polar surface area (TPSA) is 83.6 Å². The van der Waals surface area contributed by atoms with Crippen LogP contribution in [0.25, 0.3) is 0 Å². The molecule has 0 spiro atoms. The summed E-state index contributed by atoms with van der Waals surface area (Å²) in [7, 11) is -2.70. The maximum absolute atomic E-state index is 13.8. The first-order chi connectivity index (χ1) is 9.82. The van der Waals surface area contributed by atoms with Crippen molar-refractivity contribution in [1.29, 1.82) is 0 Å². The van der Waals surface area contributed by atoms with Crippen molar-refractivity contribution in [2.75, 3.05) is 12.8 Å². The number of hydrogen-bond acceptors (Lipinski definition) is 4. The van der Waals surface area contributed by atoms with Crippen LogP contribution in [0.4, 0.5) is 10.1 Å². The smallest absolute Gasteiger partial charge is 0.248 e. The summed E-state index contributed by atoms with van der Waals surface area (Å²) in [5, 5.41) is 9.20. The van der Waals surface area contributed by atoms with Crippen LogP contribution in [0.2, 0.25) is 0 Å². The molecule has 0 fully saturated rings. The first kappa shape index (κ1) is 15.3. The van der Waals surface area contributed by atoms with E-state index in [4.69, 9.17) is 5.73 Å². The number of aromatic hydroxyl groups is 1. The molecule has 3 N–H and O–H groups in total. The van der Waals surface area contributed by atoms with Gasteiger partial charge in [-0.15, -0.1) is 0 Å². The number of nitrogen functional groups attached to an aromatic ring is 1. The van der Waals surface area contributed by atoms with Crippen molar-refractivity contribution in [3.63, 3.8) is 0 Å². The van der Waals surface area contributed by atoms with Crippen LogP contribution < -0.4 is 5.73 Å². The molecule has 2 aromatic carbocycles. The zero-order chi connectivity index (χ0) is 15.6. The SMILES string of the molecule is CN(Cc1ccc(O)cc1)S(=O)(=O)c1c(N)cccc1F. The maximum atomic E-state index is 13.8. The average molecular weight is 310 g/mol. The number of halogens is 1. The highest BCUT2D eigenvalue weighted by molar-refractivity contribution is 7.89. The number of rotatable bonds is 4. The third-order valence-electron chi connectivity index (χ3n) is 3.01. The second-order valence-electron chi connectivity index (χ2n) is 4.59. The summed E-state index contributed by atoms with van der Waals surface area (Å²) in [6, 6.07) is 9.82. The number of nitrogens with two attached hydrogens (primary N) is 1. The van der Waals surface area contributed by atoms with E-state index in [1.165, 1.54) is 31.3 Å². The summed E-state index contributed by atoms with van der Waals surface area (Å²) in [5.74, 6) is -0.796. The van der Waals surface area contributed by atoms with Crippen molar-refractivity contribution in [3.8, 4) is 5.75 Å². The summed E-state index contributed by atoms with van der Waals surface area (Å²) in [4.78, 5) is -0.522. The van der Waals surface area contributed by atoms with Gasteiger partial charge >= 0.3 is 0 Å². The lowest BCUT2D eigenvalue weighted by Gasteiger charge is -2.18. The van der Waals surface area contributed by atoms with E-state index in [0.717, 1.165) is 10.4 Å². The van der Waals surface area contributed by atoms with E-state index < -0.39 is 20.7 Å². The van der Waals surface area contributed by atoms with E-state index >= 15 is 0 Å². The Labute approximate surface area is 122 Å². The van der Waals surface area contributed by atoms with E-state index in [1.54, 1.807) is 12.1 Å². The van der Waals surface area contributed by atoms with Crippen LogP contribution in [-0.4, -0.2) is 24.9 Å². The standard InChI is InChI=1S/C14H15FN2O3S/c1-17(9-10-5-7-11(18)8-6-10)21(19,20)14-12(15)3-2-4-13(14)16/h2-8,18H,9,16H2,1H3. The van der Waals surface area contributed by atoms with Gasteiger partial charge in [0.15, 0.2) is 0 Å². The van der Waals surface area contributed by atoms with Crippen LogP contribution in [0, 0.1) is 5.82 Å². The molecule has 0 unspecified atom stereocenters. The second kappa shape index (κ2) is 5.71. The summed E-state index contributed by atoms with van der Waals surface area (Å²) in [6.45, 7) is 0.0381. The van der Waals surface area contributed by atoms with Gasteiger partial charge in [-0.05, 0) is 29.8 Å². The molecule has 0 radical (unpaired) electrons. The highest BCUT2D eigenvalue weighted by Crippen LogP contribution is 2.25. The summed E-state index contributed by atoms with van der Waals surface area (Å²) in [6.07, 6.45) is 0. The van der Waals surface area contributed by atoms with Gasteiger partial charge in [-0.3, -0.25) is 0 Å². The molecule has 0 saturated heterocycles. The van der Waals surface area contributed by atoms with Crippen molar-refractivity contribution < 1.29 is 17.9 Å². The van der Waals surface area contributed by atoms with Gasteiger partial charge in [-0.25, -0.2) is 12.8 Å². The van der Waals surface area contributed by atoms with Crippen LogP contribution in [0.1, 0.15) is 5.56 Å². The van der Waals surface area contributed by atoms with Crippen LogP contribution in [-0.2, 0) is 16.6 Å². The van der Waals surface area contributed by atoms with Crippen LogP contribution >= 0.6 is 0 Å². The van der Waals surface area contributed by atoms with Crippen LogP contribution in [0.15, 0.2) is 47.4 Å². The number of hydrogen-bond donors (Lipinski definition) is 2. The Balaban J connectivity index is 2.33. The van der Waals surface area contributed by atoms with E-state index in [0.29, 0.717) is 5.56 Å². The van der Waals surface area contributed by atoms with Gasteiger partial charge in [-0.2, -0.15) is 4.31 Å². The minimum absolute atomic E-state index is 0.0381. The molecule has 2 aromatic rings. The van der Waals surface area contributed by atoms with E-state index in [2.05, 4.69) is 0 Å². The van der Waals surface area contributed by atoms with E-state index in [1.807, 2.05) is 0 Å². The highest BCUT2D eigenvalue weighted by atomic mass is 32.2. The van der Waals surface area contributed by atoms with Gasteiger partial charge in [0.05, 0.1) is 5.69 Å². The zero-order valence-corrected chi connectivity index (χ0v) is 12.1. The van der Waals surface area contributed by atoms with Crippen molar-refractivity contribution in [3.05, 3.63) is 53.8 Å². The Bertz CT molecular complexity index is 725. The maximum Gasteiger partial charge on any atom is 0.248 e. The van der Waals surface area contributed by atoms with Crippen molar-refractivity contribution >= 4 is 15.7 Å². The normalized spacial score (nSPS) is 11.8. The molecule has 0 bridgehead atoms. The predicted octanol–water partition coefficient (Wildman–Crippen LogP) is 1.93. The number of phenols is 1. The van der Waals surface area contributed by atoms with E-state index in [-0.39, 0.29) is 18.0 Å². The van der Waals surface area contributed by atoms with Gasteiger partial charge in [0.1, 0.15) is 16.5 Å². The lowest BCUT2D eigenvalue weighted by molar-refractivity contribution is 0.458. The molecular weight excluding hydrogens is 295 g/mol. The molecule has 112 valence electrons. The van der Waals surface area contributed by atoms with Crippen LogP contribution in [0.3, 0.4) is 0 Å². The Kier molecular flexibility index (Phi) is 4.15. The fourth-order valence-corrected chi connectivity index (χ4v) is 3.21. The summed E-state index contributed by atoms with van der Waals surface area (Å²) in [5.41, 5.74) is 6.11. The van der Waals surface area contributed by atoms with Gasteiger partial charge < -0.3 is 10.8 Å². The molecule has 21 heavy (non-hydrogen) atoms. The van der Waals surface area contributed by atoms with Crippen LogP contribution in [0.5, 0.6) is 5.75 Å². The van der Waals surface area contributed by atoms with Crippen molar-refractivity contribution in [2.45, 2.75) is 11.4 Å². The zero-order valence-electron chi connectivity index (χ0n) is 11.3. The van der Waals surface area contributed by atoms with Crippen molar-refractivity contribution in [2.24, 2.45) is 0 Å². The molecule has 0 amide bonds. The predicted molar refractivity (Wildman–Crippen MR) is 77.6 cm³/mol. The number of sulfonamides is 1. The molecule has 0 saturated carbocycles. The Morgan fingerprint density at radius 1 is 1.19 bits per heavy atom. The fraction of sp³-hybridized carbons (Fsp3) is 0.143. The lowest BCUT2D eigenvalue weighted by Crippen LogP contribution is -2.28. The summed E-state index contributed by atoms with van der Waals surface area (Å²) >= 11 is 0. The Morgan fingerprint density at radius 3 is 2.38 bits per heavy atom. The number of nitrogens with zero attached hydrogens (tertiary/aromatic N) is 1. The number of phenolic OH excluding ortho intramolecular Hbond substituents is 1. The number of benzene rings is 2. The quantitative estimate of drug-likeness (QED) is 0.845. The molecule has 0 aliphatic heterocycles. The van der Waals surface area contributed by atoms with Gasteiger partial charge in [0.25, 0.3) is 0 Å². The molecular formula is C14H15FN2O3S. The molecule has 0 aliphatic rings. The van der Waals surface area contributed by atoms with Gasteiger partial charge in [0, 0.05) is 13.6 Å². The molecule has 0 aromatic heterocycles. The minimum Gasteiger partial charge on any atom is -0.508 e. The first-order valence-electron chi connectivity index (χ1n) is 6.10. The molecule has 5 nitrogen and oxygen atoms in total. The van der Waals surface area contributed by atoms with Crippen molar-refractivity contribution in [1.82, 2.24) is 4.31 Å². The summed E-state index contributed by atoms with van der Waals surface area (Å²) < 4.78 is 39.6. The first-order valence-corrected chi connectivity index (χ1v) is 7.54. The molecule has 0 heterocycles. The monoisotopic (exact) mass is 310 g/mol. The minimum atomic E-state index is -4.04. The van der Waals surface area contributed by atoms with E-state index in [9.17, 15) is 17.9 Å².